The largest absolute Gasteiger partial charge is 0.225 e. The number of hydrogen-bond donors (Lipinski definition) is 0. The highest BCUT2D eigenvalue weighted by molar-refractivity contribution is 7.05. The molecule has 0 unspecified atom stereocenters. The molecule has 0 N–H and O–H groups in total. The summed E-state index contributed by atoms with van der Waals surface area (Å²) < 4.78 is 11.8. The molecule has 0 fully saturated rings. The molecule has 2 heterocycles. The number of aromatic nitrogens is 4. The van der Waals surface area contributed by atoms with Crippen molar-refractivity contribution in [3.05, 3.63) is 22.2 Å². The van der Waals surface area contributed by atoms with E-state index in [0.29, 0.717) is 0 Å². The Morgan fingerprint density at radius 1 is 0.857 bits per heavy atom. The van der Waals surface area contributed by atoms with E-state index in [1.54, 1.807) is 0 Å². The highest BCUT2D eigenvalue weighted by Gasteiger charge is 1.91. The Hall–Kier alpha value is -0.880. The van der Waals surface area contributed by atoms with Crippen molar-refractivity contribution in [3.63, 3.8) is 0 Å². The van der Waals surface area contributed by atoms with Crippen LogP contribution in [-0.2, 0) is 0 Å². The highest BCUT2D eigenvalue weighted by Crippen LogP contribution is 1.99. The number of rotatable bonds is 0. The predicted molar refractivity (Wildman–Crippen MR) is 58.8 cm³/mol. The second-order valence-corrected chi connectivity index (χ2v) is 4.28. The molecule has 0 spiro atoms. The molecule has 6 heteroatoms. The molecule has 0 amide bonds. The van der Waals surface area contributed by atoms with Crippen LogP contribution in [0.3, 0.4) is 0 Å². The number of aryl methyl sites for hydroxylation is 4. The van der Waals surface area contributed by atoms with Gasteiger partial charge in [-0.25, -0.2) is 4.98 Å². The Morgan fingerprint density at radius 2 is 1.43 bits per heavy atom. The topological polar surface area (TPSA) is 51.6 Å². The average molecular weight is 228 g/mol. The third kappa shape index (κ3) is 3.47. The van der Waals surface area contributed by atoms with Crippen LogP contribution < -0.4 is 0 Å². The molecule has 76 valence electrons. The van der Waals surface area contributed by atoms with Crippen molar-refractivity contribution < 1.29 is 0 Å². The molecule has 0 saturated heterocycles. The lowest BCUT2D eigenvalue weighted by Crippen LogP contribution is -1.71. The first-order chi connectivity index (χ1) is 6.59. The van der Waals surface area contributed by atoms with Crippen molar-refractivity contribution in [1.29, 1.82) is 0 Å². The molecule has 14 heavy (non-hydrogen) atoms. The maximum absolute atomic E-state index is 4.02. The monoisotopic (exact) mass is 228 g/mol. The molecule has 0 atom stereocenters. The third-order valence-corrected chi connectivity index (χ3v) is 2.93. The molecule has 4 nitrogen and oxygen atoms in total. The zero-order valence-electron chi connectivity index (χ0n) is 8.61. The molecule has 2 aromatic heterocycles. The van der Waals surface area contributed by atoms with E-state index in [-0.39, 0.29) is 0 Å². The number of hydrogen-bond acceptors (Lipinski definition) is 6. The summed E-state index contributed by atoms with van der Waals surface area (Å²) in [7, 11) is 0. The van der Waals surface area contributed by atoms with E-state index in [1.807, 2.05) is 27.7 Å². The molecule has 2 rings (SSSR count). The molecule has 0 aliphatic rings. The first-order valence-corrected chi connectivity index (χ1v) is 5.62. The normalized spacial score (nSPS) is 9.43. The van der Waals surface area contributed by atoms with Gasteiger partial charge in [0.05, 0.1) is 23.1 Å². The van der Waals surface area contributed by atoms with Gasteiger partial charge in [-0.1, -0.05) is 0 Å². The van der Waals surface area contributed by atoms with Crippen molar-refractivity contribution in [1.82, 2.24) is 18.1 Å². The van der Waals surface area contributed by atoms with Crippen LogP contribution in [0.1, 0.15) is 22.2 Å². The molecule has 2 aromatic rings. The Labute approximate surface area is 91.5 Å². The minimum absolute atomic E-state index is 0.877. The summed E-state index contributed by atoms with van der Waals surface area (Å²) in [5, 5.41) is 1.04. The van der Waals surface area contributed by atoms with Gasteiger partial charge in [-0.2, -0.15) is 13.1 Å². The first kappa shape index (κ1) is 11.2. The van der Waals surface area contributed by atoms with E-state index in [4.69, 9.17) is 0 Å². The maximum atomic E-state index is 4.02. The van der Waals surface area contributed by atoms with Gasteiger partial charge in [0.15, 0.2) is 0 Å². The molecule has 0 bridgehead atoms. The predicted octanol–water partition coefficient (Wildman–Crippen LogP) is 2.31. The van der Waals surface area contributed by atoms with Gasteiger partial charge in [0.2, 0.25) is 0 Å². The summed E-state index contributed by atoms with van der Waals surface area (Å²) in [6, 6.07) is 0. The first-order valence-electron chi connectivity index (χ1n) is 4.12. The van der Waals surface area contributed by atoms with Gasteiger partial charge < -0.3 is 0 Å². The van der Waals surface area contributed by atoms with Crippen LogP contribution in [0.5, 0.6) is 0 Å². The van der Waals surface area contributed by atoms with E-state index in [2.05, 4.69) is 18.1 Å². The minimum atomic E-state index is 0.877. The van der Waals surface area contributed by atoms with Crippen molar-refractivity contribution in [2.75, 3.05) is 0 Å². The SMILES string of the molecule is Cc1nsc(C)n1.Cc1nsnc1C. The fourth-order valence-corrected chi connectivity index (χ4v) is 1.70. The van der Waals surface area contributed by atoms with Crippen LogP contribution in [0.2, 0.25) is 0 Å². The number of nitrogens with zero attached hydrogens (tertiary/aromatic N) is 4. The molecule has 0 aliphatic heterocycles. The third-order valence-electron chi connectivity index (χ3n) is 1.51. The molecule has 0 aromatic carbocycles. The summed E-state index contributed by atoms with van der Waals surface area (Å²) in [5.41, 5.74) is 2.09. The van der Waals surface area contributed by atoms with E-state index >= 15 is 0 Å². The van der Waals surface area contributed by atoms with Crippen molar-refractivity contribution >= 4 is 23.3 Å². The Bertz CT molecular complexity index is 360. The maximum Gasteiger partial charge on any atom is 0.139 e. The van der Waals surface area contributed by atoms with Gasteiger partial charge in [0, 0.05) is 0 Å². The Balaban J connectivity index is 0.000000140. The second kappa shape index (κ2) is 5.11. The summed E-state index contributed by atoms with van der Waals surface area (Å²) in [5.74, 6) is 0.877. The highest BCUT2D eigenvalue weighted by atomic mass is 32.1. The van der Waals surface area contributed by atoms with Gasteiger partial charge in [-0.15, -0.1) is 0 Å². The molecular weight excluding hydrogens is 216 g/mol. The molecule has 0 radical (unpaired) electrons. The van der Waals surface area contributed by atoms with Gasteiger partial charge in [0.1, 0.15) is 10.8 Å². The summed E-state index contributed by atoms with van der Waals surface area (Å²) in [4.78, 5) is 4.02. The van der Waals surface area contributed by atoms with E-state index < -0.39 is 0 Å². The molecule has 0 saturated carbocycles. The van der Waals surface area contributed by atoms with E-state index in [0.717, 1.165) is 22.2 Å². The van der Waals surface area contributed by atoms with Gasteiger partial charge >= 0.3 is 0 Å². The van der Waals surface area contributed by atoms with Crippen LogP contribution in [0, 0.1) is 27.7 Å². The second-order valence-electron chi connectivity index (χ2n) is 2.80. The van der Waals surface area contributed by atoms with E-state index in [9.17, 15) is 0 Å². The van der Waals surface area contributed by atoms with Gasteiger partial charge in [0.25, 0.3) is 0 Å². The van der Waals surface area contributed by atoms with Crippen molar-refractivity contribution in [2.24, 2.45) is 0 Å². The van der Waals surface area contributed by atoms with Crippen LogP contribution >= 0.6 is 23.3 Å². The fraction of sp³-hybridized carbons (Fsp3) is 0.500. The van der Waals surface area contributed by atoms with Crippen LogP contribution in [0.25, 0.3) is 0 Å². The lowest BCUT2D eigenvalue weighted by molar-refractivity contribution is 1.13. The smallest absolute Gasteiger partial charge is 0.139 e. The van der Waals surface area contributed by atoms with Gasteiger partial charge in [-0.3, -0.25) is 0 Å². The standard InChI is InChI=1S/2C4H6N2S/c1-3-5-4(2)7-6-3;1-3-4(2)6-7-5-3/h2*1-2H3. The van der Waals surface area contributed by atoms with Crippen LogP contribution in [-0.4, -0.2) is 18.1 Å². The zero-order valence-corrected chi connectivity index (χ0v) is 10.2. The van der Waals surface area contributed by atoms with Crippen molar-refractivity contribution in [2.45, 2.75) is 27.7 Å². The van der Waals surface area contributed by atoms with Crippen LogP contribution in [0.15, 0.2) is 0 Å². The lowest BCUT2D eigenvalue weighted by Gasteiger charge is -1.75. The van der Waals surface area contributed by atoms with E-state index in [1.165, 1.54) is 23.3 Å². The fourth-order valence-electron chi connectivity index (χ4n) is 0.676. The lowest BCUT2D eigenvalue weighted by atomic mass is 10.4. The quantitative estimate of drug-likeness (QED) is 0.694. The summed E-state index contributed by atoms with van der Waals surface area (Å²) >= 11 is 2.71. The van der Waals surface area contributed by atoms with Gasteiger partial charge in [-0.05, 0) is 39.2 Å². The Kier molecular flexibility index (Phi) is 4.09. The molecular formula is C8H12N4S2. The van der Waals surface area contributed by atoms with Crippen molar-refractivity contribution in [3.8, 4) is 0 Å². The van der Waals surface area contributed by atoms with Crippen LogP contribution in [0.4, 0.5) is 0 Å². The zero-order chi connectivity index (χ0) is 10.6. The Morgan fingerprint density at radius 3 is 1.57 bits per heavy atom. The average Bonchev–Trinajstić information content (AvgIpc) is 2.65. The minimum Gasteiger partial charge on any atom is -0.225 e. The molecule has 0 aliphatic carbocycles. The summed E-state index contributed by atoms with van der Waals surface area (Å²) in [6.45, 7) is 7.76. The summed E-state index contributed by atoms with van der Waals surface area (Å²) in [6.07, 6.45) is 0.